The lowest BCUT2D eigenvalue weighted by molar-refractivity contribution is -0.386. The molecule has 0 aromatic rings. The Balaban J connectivity index is 2.07. The topological polar surface area (TPSA) is 85.2 Å². The van der Waals surface area contributed by atoms with E-state index in [2.05, 4.69) is 6.58 Å². The SMILES string of the molecule is C=C(C)C(=O)OC12CC3CC(C(C)(C)OCC(O)(C(F)(F)F)C(F)(F)F)(C1)CC3(C(C)(C)OCC(O)(C(F)(F)F)C(F)(F)F)C2. The van der Waals surface area contributed by atoms with Crippen LogP contribution in [0, 0.1) is 16.7 Å². The first-order valence-corrected chi connectivity index (χ1v) is 13.6. The predicted molar refractivity (Wildman–Crippen MR) is 129 cm³/mol. The molecule has 4 saturated carbocycles. The Morgan fingerprint density at radius 2 is 1.11 bits per heavy atom. The average Bonchev–Trinajstić information content (AvgIpc) is 3.19. The second-order valence-corrected chi connectivity index (χ2v) is 13.7. The molecule has 18 heteroatoms. The molecule has 0 amide bonds. The Morgan fingerprint density at radius 1 is 0.711 bits per heavy atom. The Kier molecular flexibility index (Phi) is 8.67. The number of hydrogen-bond donors (Lipinski definition) is 2. The molecule has 6 nitrogen and oxygen atoms in total. The summed E-state index contributed by atoms with van der Waals surface area (Å²) in [5, 5.41) is 19.4. The minimum absolute atomic E-state index is 0.0194. The summed E-state index contributed by atoms with van der Waals surface area (Å²) in [4.78, 5) is 12.6. The van der Waals surface area contributed by atoms with E-state index >= 15 is 0 Å². The zero-order valence-corrected chi connectivity index (χ0v) is 24.8. The van der Waals surface area contributed by atoms with Crippen LogP contribution in [0.25, 0.3) is 0 Å². The average molecular weight is 683 g/mol. The molecule has 0 heterocycles. The smallest absolute Gasteiger partial charge is 0.428 e. The van der Waals surface area contributed by atoms with Crippen LogP contribution in [0.15, 0.2) is 12.2 Å². The molecule has 0 saturated heterocycles. The molecule has 2 N–H and O–H groups in total. The number of alkyl halides is 12. The molecule has 45 heavy (non-hydrogen) atoms. The summed E-state index contributed by atoms with van der Waals surface area (Å²) < 4.78 is 177. The van der Waals surface area contributed by atoms with Crippen molar-refractivity contribution in [3.8, 4) is 0 Å². The normalized spacial score (nSPS) is 29.8. The Morgan fingerprint density at radius 3 is 1.49 bits per heavy atom. The minimum atomic E-state index is -6.21. The molecule has 0 spiro atoms. The van der Waals surface area contributed by atoms with Crippen molar-refractivity contribution >= 4 is 5.97 Å². The first-order valence-electron chi connectivity index (χ1n) is 13.6. The van der Waals surface area contributed by atoms with Gasteiger partial charge in [0.2, 0.25) is 0 Å². The van der Waals surface area contributed by atoms with Crippen molar-refractivity contribution in [2.75, 3.05) is 13.2 Å². The van der Waals surface area contributed by atoms with Crippen molar-refractivity contribution in [2.24, 2.45) is 16.7 Å². The van der Waals surface area contributed by atoms with Gasteiger partial charge in [-0.15, -0.1) is 0 Å². The first-order chi connectivity index (χ1) is 19.7. The summed E-state index contributed by atoms with van der Waals surface area (Å²) in [5.41, 5.74) is -19.1. The summed E-state index contributed by atoms with van der Waals surface area (Å²) >= 11 is 0. The van der Waals surface area contributed by atoms with Gasteiger partial charge in [-0.3, -0.25) is 0 Å². The monoisotopic (exact) mass is 682 g/mol. The number of rotatable bonds is 10. The van der Waals surface area contributed by atoms with Gasteiger partial charge in [0.15, 0.2) is 0 Å². The predicted octanol–water partition coefficient (Wildman–Crippen LogP) is 6.73. The Labute approximate surface area is 250 Å². The Bertz CT molecular complexity index is 1150. The molecule has 4 rings (SSSR count). The molecule has 4 aliphatic rings. The molecule has 0 aromatic carbocycles. The standard InChI is InChI=1S/C27H34F12O6/c1-14(2)16(40)45-20-8-15-7-19(9-20,17(3,4)43-12-22(41,24(28,29)30)25(31,32)33)10-21(15,11-20)18(5,6)44-13-23(42,26(34,35)36)27(37,38)39/h15,41-42H,1,7-13H2,2-6H3. The van der Waals surface area contributed by atoms with Crippen LogP contribution in [0.2, 0.25) is 0 Å². The van der Waals surface area contributed by atoms with Crippen molar-refractivity contribution in [2.45, 2.75) is 119 Å². The van der Waals surface area contributed by atoms with Crippen molar-refractivity contribution in [1.82, 2.24) is 0 Å². The van der Waals surface area contributed by atoms with E-state index in [-0.39, 0.29) is 37.7 Å². The number of aliphatic hydroxyl groups is 2. The minimum Gasteiger partial charge on any atom is -0.456 e. The highest BCUT2D eigenvalue weighted by molar-refractivity contribution is 5.87. The van der Waals surface area contributed by atoms with Crippen LogP contribution in [0.3, 0.4) is 0 Å². The maximum atomic E-state index is 13.4. The summed E-state index contributed by atoms with van der Waals surface area (Å²) in [6, 6.07) is 0. The second-order valence-electron chi connectivity index (χ2n) is 13.7. The van der Waals surface area contributed by atoms with Gasteiger partial charge in [0.05, 0.1) is 24.4 Å². The second kappa shape index (κ2) is 10.4. The molecular formula is C27H34F12O6. The summed E-state index contributed by atoms with van der Waals surface area (Å²) in [7, 11) is 0. The van der Waals surface area contributed by atoms with Crippen molar-refractivity contribution in [3.63, 3.8) is 0 Å². The zero-order chi connectivity index (χ0) is 35.3. The third-order valence-electron chi connectivity index (χ3n) is 10.3. The van der Waals surface area contributed by atoms with E-state index in [1.54, 1.807) is 0 Å². The molecular weight excluding hydrogens is 648 g/mol. The van der Waals surface area contributed by atoms with Gasteiger partial charge in [0, 0.05) is 16.4 Å². The lowest BCUT2D eigenvalue weighted by Crippen LogP contribution is -2.63. The molecule has 4 atom stereocenters. The molecule has 4 aliphatic carbocycles. The number of ether oxygens (including phenoxy) is 3. The van der Waals surface area contributed by atoms with Crippen molar-refractivity contribution in [1.29, 1.82) is 0 Å². The van der Waals surface area contributed by atoms with Gasteiger partial charge >= 0.3 is 30.7 Å². The molecule has 0 aliphatic heterocycles. The quantitative estimate of drug-likeness (QED) is 0.151. The molecule has 4 bridgehead atoms. The van der Waals surface area contributed by atoms with Gasteiger partial charge in [-0.2, -0.15) is 52.7 Å². The molecule has 4 fully saturated rings. The van der Waals surface area contributed by atoms with E-state index in [0.717, 1.165) is 27.7 Å². The van der Waals surface area contributed by atoms with Crippen LogP contribution >= 0.6 is 0 Å². The Hall–Kier alpha value is -1.79. The van der Waals surface area contributed by atoms with E-state index in [1.165, 1.54) is 6.92 Å². The zero-order valence-electron chi connectivity index (χ0n) is 24.8. The number of carbonyl (C=O) groups excluding carboxylic acids is 1. The van der Waals surface area contributed by atoms with Crippen molar-refractivity contribution < 1.29 is 81.9 Å². The lowest BCUT2D eigenvalue weighted by Gasteiger charge is -2.56. The fourth-order valence-corrected chi connectivity index (χ4v) is 7.45. The highest BCUT2D eigenvalue weighted by Gasteiger charge is 2.79. The van der Waals surface area contributed by atoms with Crippen LogP contribution in [-0.4, -0.2) is 82.1 Å². The van der Waals surface area contributed by atoms with Gasteiger partial charge < -0.3 is 24.4 Å². The highest BCUT2D eigenvalue weighted by atomic mass is 19.4. The van der Waals surface area contributed by atoms with Crippen LogP contribution in [-0.2, 0) is 19.0 Å². The maximum Gasteiger partial charge on any atom is 0.428 e. The van der Waals surface area contributed by atoms with E-state index in [1.807, 2.05) is 0 Å². The third-order valence-corrected chi connectivity index (χ3v) is 10.3. The van der Waals surface area contributed by atoms with E-state index in [0.29, 0.717) is 0 Å². The van der Waals surface area contributed by atoms with Gasteiger partial charge in [0.1, 0.15) is 5.60 Å². The van der Waals surface area contributed by atoms with Gasteiger partial charge in [0.25, 0.3) is 11.2 Å². The van der Waals surface area contributed by atoms with Crippen LogP contribution in [0.1, 0.15) is 66.7 Å². The number of hydrogen-bond acceptors (Lipinski definition) is 6. The maximum absolute atomic E-state index is 13.4. The fraction of sp³-hybridized carbons (Fsp3) is 0.889. The van der Waals surface area contributed by atoms with E-state index < -0.39 is 88.6 Å². The summed E-state index contributed by atoms with van der Waals surface area (Å²) in [5.74, 6) is -1.69. The first kappa shape index (κ1) is 37.7. The highest BCUT2D eigenvalue weighted by Crippen LogP contribution is 2.78. The largest absolute Gasteiger partial charge is 0.456 e. The van der Waals surface area contributed by atoms with Crippen LogP contribution in [0.4, 0.5) is 52.7 Å². The van der Waals surface area contributed by atoms with E-state index in [9.17, 15) is 67.7 Å². The lowest BCUT2D eigenvalue weighted by atomic mass is 9.56. The van der Waals surface area contributed by atoms with Gasteiger partial charge in [-0.1, -0.05) is 6.58 Å². The van der Waals surface area contributed by atoms with Gasteiger partial charge in [-0.25, -0.2) is 4.79 Å². The van der Waals surface area contributed by atoms with Gasteiger partial charge in [-0.05, 0) is 72.6 Å². The van der Waals surface area contributed by atoms with Crippen molar-refractivity contribution in [3.05, 3.63) is 12.2 Å². The fourth-order valence-electron chi connectivity index (χ4n) is 7.45. The molecule has 0 radical (unpaired) electrons. The summed E-state index contributed by atoms with van der Waals surface area (Å²) in [6.07, 6.45) is -25.6. The molecule has 262 valence electrons. The molecule has 0 aromatic heterocycles. The third kappa shape index (κ3) is 5.72. The number of carbonyl (C=O) groups is 1. The molecule has 4 unspecified atom stereocenters. The number of esters is 1. The van der Waals surface area contributed by atoms with Crippen LogP contribution in [0.5, 0.6) is 0 Å². The number of halogens is 12. The summed E-state index contributed by atoms with van der Waals surface area (Å²) in [6.45, 7) is 4.71. The van der Waals surface area contributed by atoms with E-state index in [4.69, 9.17) is 14.2 Å². The van der Waals surface area contributed by atoms with Crippen LogP contribution < -0.4 is 0 Å².